The molecule has 1 atom stereocenters. The van der Waals surface area contributed by atoms with Gasteiger partial charge in [-0.2, -0.15) is 0 Å². The summed E-state index contributed by atoms with van der Waals surface area (Å²) in [4.78, 5) is 44.0. The second-order valence-corrected chi connectivity index (χ2v) is 6.87. The second kappa shape index (κ2) is 8.43. The van der Waals surface area contributed by atoms with Crippen LogP contribution in [0.25, 0.3) is 0 Å². The Balaban J connectivity index is 1.59. The first-order chi connectivity index (χ1) is 13.0. The van der Waals surface area contributed by atoms with Crippen LogP contribution >= 0.6 is 0 Å². The highest BCUT2D eigenvalue weighted by atomic mass is 16.6. The minimum atomic E-state index is -0.444. The third kappa shape index (κ3) is 4.41. The molecule has 2 aliphatic heterocycles. The van der Waals surface area contributed by atoms with Crippen LogP contribution in [0.4, 0.5) is 4.79 Å². The van der Waals surface area contributed by atoms with Crippen LogP contribution in [0.5, 0.6) is 5.75 Å². The van der Waals surface area contributed by atoms with Crippen molar-refractivity contribution in [3.8, 4) is 5.75 Å². The Morgan fingerprint density at radius 1 is 1.22 bits per heavy atom. The lowest BCUT2D eigenvalue weighted by atomic mass is 10.0. The summed E-state index contributed by atoms with van der Waals surface area (Å²) in [5.41, 5.74) is -0.331. The Morgan fingerprint density at radius 2 is 1.96 bits per heavy atom. The fourth-order valence-corrected chi connectivity index (χ4v) is 3.72. The molecule has 3 rings (SSSR count). The van der Waals surface area contributed by atoms with Gasteiger partial charge in [0.25, 0.3) is 11.5 Å². The van der Waals surface area contributed by atoms with Gasteiger partial charge in [0.15, 0.2) is 0 Å². The number of hydrogen-bond acceptors (Lipinski definition) is 6. The first kappa shape index (κ1) is 19.2. The maximum atomic E-state index is 12.7. The summed E-state index contributed by atoms with van der Waals surface area (Å²) in [5, 5.41) is 9.90. The highest BCUT2D eigenvalue weighted by Crippen LogP contribution is 2.22. The molecule has 0 radical (unpaired) electrons. The van der Waals surface area contributed by atoms with Crippen LogP contribution in [-0.4, -0.2) is 88.7 Å². The van der Waals surface area contributed by atoms with Gasteiger partial charge < -0.3 is 24.6 Å². The van der Waals surface area contributed by atoms with E-state index < -0.39 is 5.56 Å². The van der Waals surface area contributed by atoms with Gasteiger partial charge in [0.2, 0.25) is 0 Å². The quantitative estimate of drug-likeness (QED) is 0.792. The van der Waals surface area contributed by atoms with E-state index in [-0.39, 0.29) is 29.4 Å². The molecule has 1 aromatic heterocycles. The van der Waals surface area contributed by atoms with E-state index in [1.807, 2.05) is 0 Å². The molecule has 2 amide bonds. The molecule has 0 saturated carbocycles. The molecule has 3 heterocycles. The molecule has 148 valence electrons. The van der Waals surface area contributed by atoms with Gasteiger partial charge in [-0.15, -0.1) is 0 Å². The van der Waals surface area contributed by atoms with Crippen LogP contribution < -0.4 is 5.56 Å². The standard InChI is InChI=1S/C18H26N4O5/c1-2-27-18(26)21-8-6-20(7-9-21)13-4-3-5-22(12-13)17(25)14-11-19-16(24)10-15(14)23/h10-11,13H,2-9,12H2,1H3,(H2,19,23,24)/t13-/m1/s1. The molecule has 2 N–H and O–H groups in total. The molecular weight excluding hydrogens is 352 g/mol. The van der Waals surface area contributed by atoms with Crippen LogP contribution in [0.2, 0.25) is 0 Å². The van der Waals surface area contributed by atoms with E-state index in [9.17, 15) is 19.5 Å². The highest BCUT2D eigenvalue weighted by molar-refractivity contribution is 5.96. The van der Waals surface area contributed by atoms with Crippen molar-refractivity contribution in [1.82, 2.24) is 19.7 Å². The van der Waals surface area contributed by atoms with Crippen molar-refractivity contribution in [3.63, 3.8) is 0 Å². The van der Waals surface area contributed by atoms with E-state index in [4.69, 9.17) is 4.74 Å². The van der Waals surface area contributed by atoms with Crippen LogP contribution in [0.15, 0.2) is 17.1 Å². The Morgan fingerprint density at radius 3 is 2.63 bits per heavy atom. The monoisotopic (exact) mass is 378 g/mol. The van der Waals surface area contributed by atoms with Gasteiger partial charge >= 0.3 is 6.09 Å². The lowest BCUT2D eigenvalue weighted by Crippen LogP contribution is -2.56. The smallest absolute Gasteiger partial charge is 0.409 e. The van der Waals surface area contributed by atoms with E-state index in [1.165, 1.54) is 6.20 Å². The van der Waals surface area contributed by atoms with E-state index >= 15 is 0 Å². The zero-order valence-corrected chi connectivity index (χ0v) is 15.5. The highest BCUT2D eigenvalue weighted by Gasteiger charge is 2.32. The van der Waals surface area contributed by atoms with Crippen molar-refractivity contribution in [2.24, 2.45) is 0 Å². The summed E-state index contributed by atoms with van der Waals surface area (Å²) in [6.45, 7) is 6.07. The number of aromatic nitrogens is 1. The fourth-order valence-electron chi connectivity index (χ4n) is 3.72. The number of likely N-dealkylation sites (tertiary alicyclic amines) is 1. The number of carbonyl (C=O) groups is 2. The first-order valence-corrected chi connectivity index (χ1v) is 9.36. The normalized spacial score (nSPS) is 21.1. The van der Waals surface area contributed by atoms with E-state index in [1.54, 1.807) is 16.7 Å². The number of aromatic hydroxyl groups is 1. The number of nitrogens with zero attached hydrogens (tertiary/aromatic N) is 3. The predicted molar refractivity (Wildman–Crippen MR) is 97.8 cm³/mol. The minimum absolute atomic E-state index is 0.113. The summed E-state index contributed by atoms with van der Waals surface area (Å²) in [7, 11) is 0. The molecule has 1 aromatic rings. The number of hydrogen-bond donors (Lipinski definition) is 2. The SMILES string of the molecule is CCOC(=O)N1CCN([C@@H]2CCCN(C(=O)c3c[nH]c(=O)cc3O)C2)CC1. The lowest BCUT2D eigenvalue weighted by Gasteiger charge is -2.43. The Kier molecular flexibility index (Phi) is 6.00. The number of piperazine rings is 1. The number of piperidine rings is 1. The molecule has 0 aliphatic carbocycles. The topological polar surface area (TPSA) is 106 Å². The van der Waals surface area contributed by atoms with Gasteiger partial charge in [0.05, 0.1) is 12.2 Å². The van der Waals surface area contributed by atoms with Gasteiger partial charge in [-0.05, 0) is 19.8 Å². The zero-order chi connectivity index (χ0) is 19.4. The van der Waals surface area contributed by atoms with Gasteiger partial charge in [-0.1, -0.05) is 0 Å². The number of pyridine rings is 1. The largest absolute Gasteiger partial charge is 0.507 e. The van der Waals surface area contributed by atoms with E-state index in [0.29, 0.717) is 32.8 Å². The number of aromatic amines is 1. The number of nitrogens with one attached hydrogen (secondary N) is 1. The summed E-state index contributed by atoms with van der Waals surface area (Å²) in [5.74, 6) is -0.576. The lowest BCUT2D eigenvalue weighted by molar-refractivity contribution is 0.0376. The number of H-pyrrole nitrogens is 1. The molecule has 9 nitrogen and oxygen atoms in total. The predicted octanol–water partition coefficient (Wildman–Crippen LogP) is 0.459. The molecule has 27 heavy (non-hydrogen) atoms. The molecule has 2 saturated heterocycles. The van der Waals surface area contributed by atoms with Crippen LogP contribution in [0.3, 0.4) is 0 Å². The molecule has 0 aromatic carbocycles. The maximum Gasteiger partial charge on any atom is 0.409 e. The molecule has 2 aliphatic rings. The van der Waals surface area contributed by atoms with Crippen LogP contribution in [0, 0.1) is 0 Å². The van der Waals surface area contributed by atoms with Crippen molar-refractivity contribution in [1.29, 1.82) is 0 Å². The maximum absolute atomic E-state index is 12.7. The first-order valence-electron chi connectivity index (χ1n) is 9.36. The molecule has 2 fully saturated rings. The summed E-state index contributed by atoms with van der Waals surface area (Å²) in [6.07, 6.45) is 2.85. The number of rotatable bonds is 3. The number of carbonyl (C=O) groups excluding carboxylic acids is 2. The summed E-state index contributed by atoms with van der Waals surface area (Å²) < 4.78 is 5.05. The molecule has 9 heteroatoms. The van der Waals surface area contributed by atoms with Gasteiger partial charge in [-0.25, -0.2) is 4.79 Å². The van der Waals surface area contributed by atoms with Gasteiger partial charge in [-0.3, -0.25) is 14.5 Å². The average Bonchev–Trinajstić information content (AvgIpc) is 2.68. The summed E-state index contributed by atoms with van der Waals surface area (Å²) in [6, 6.07) is 1.24. The van der Waals surface area contributed by atoms with Crippen LogP contribution in [0.1, 0.15) is 30.1 Å². The summed E-state index contributed by atoms with van der Waals surface area (Å²) >= 11 is 0. The van der Waals surface area contributed by atoms with E-state index in [2.05, 4.69) is 9.88 Å². The minimum Gasteiger partial charge on any atom is -0.507 e. The molecule has 0 bridgehead atoms. The van der Waals surface area contributed by atoms with Gasteiger partial charge in [0, 0.05) is 57.6 Å². The van der Waals surface area contributed by atoms with Crippen molar-refractivity contribution in [3.05, 3.63) is 28.2 Å². The Hall–Kier alpha value is -2.55. The number of ether oxygens (including phenoxy) is 1. The third-order valence-corrected chi connectivity index (χ3v) is 5.17. The number of amides is 2. The Labute approximate surface area is 157 Å². The zero-order valence-electron chi connectivity index (χ0n) is 15.5. The molecular formula is C18H26N4O5. The Bertz CT molecular complexity index is 742. The van der Waals surface area contributed by atoms with Crippen molar-refractivity contribution in [2.45, 2.75) is 25.8 Å². The van der Waals surface area contributed by atoms with Crippen molar-refractivity contribution < 1.29 is 19.4 Å². The van der Waals surface area contributed by atoms with Crippen molar-refractivity contribution in [2.75, 3.05) is 45.9 Å². The average molecular weight is 378 g/mol. The van der Waals surface area contributed by atoms with Crippen LogP contribution in [-0.2, 0) is 4.74 Å². The van der Waals surface area contributed by atoms with Gasteiger partial charge in [0.1, 0.15) is 5.75 Å². The molecule has 0 unspecified atom stereocenters. The second-order valence-electron chi connectivity index (χ2n) is 6.87. The van der Waals surface area contributed by atoms with E-state index in [0.717, 1.165) is 32.0 Å². The third-order valence-electron chi connectivity index (χ3n) is 5.17. The fraction of sp³-hybridized carbons (Fsp3) is 0.611. The molecule has 0 spiro atoms. The van der Waals surface area contributed by atoms with Crippen molar-refractivity contribution >= 4 is 12.0 Å².